The smallest absolute Gasteiger partial charge is 0.196 e. The van der Waals surface area contributed by atoms with Crippen LogP contribution >= 0.6 is 11.8 Å². The van der Waals surface area contributed by atoms with E-state index in [2.05, 4.69) is 82.1 Å². The minimum Gasteiger partial charge on any atom is -0.270 e. The number of hydrogen-bond acceptors (Lipinski definition) is 4. The van der Waals surface area contributed by atoms with E-state index in [1.165, 1.54) is 16.7 Å². The Morgan fingerprint density at radius 3 is 2.07 bits per heavy atom. The molecule has 0 aliphatic rings. The van der Waals surface area contributed by atoms with Gasteiger partial charge >= 0.3 is 0 Å². The summed E-state index contributed by atoms with van der Waals surface area (Å²) < 4.78 is 2.12. The molecule has 4 rings (SSSR count). The van der Waals surface area contributed by atoms with Gasteiger partial charge in [-0.25, -0.2) is 0 Å². The average Bonchev–Trinajstić information content (AvgIpc) is 3.13. The van der Waals surface area contributed by atoms with E-state index in [4.69, 9.17) is 0 Å². The molecule has 0 unspecified atom stereocenters. The van der Waals surface area contributed by atoms with Gasteiger partial charge in [-0.2, -0.15) is 0 Å². The van der Waals surface area contributed by atoms with Crippen LogP contribution in [0, 0.1) is 13.8 Å². The highest BCUT2D eigenvalue weighted by molar-refractivity contribution is 7.98. The Labute approximate surface area is 163 Å². The molecule has 0 N–H and O–H groups in total. The first kappa shape index (κ1) is 17.5. The van der Waals surface area contributed by atoms with Crippen molar-refractivity contribution in [2.75, 3.05) is 0 Å². The maximum Gasteiger partial charge on any atom is 0.196 e. The zero-order chi connectivity index (χ0) is 18.6. The van der Waals surface area contributed by atoms with Crippen LogP contribution in [-0.2, 0) is 5.75 Å². The molecule has 0 bridgehead atoms. The third-order valence-electron chi connectivity index (χ3n) is 4.35. The highest BCUT2D eigenvalue weighted by atomic mass is 32.2. The Balaban J connectivity index is 1.71. The SMILES string of the molecule is Cc1ccc(CSc2nnc(-c3ccncc3)n2-c2ccc(C)cc2)cc1. The molecule has 27 heavy (non-hydrogen) atoms. The van der Waals surface area contributed by atoms with Crippen molar-refractivity contribution in [2.24, 2.45) is 0 Å². The molecule has 0 atom stereocenters. The number of hydrogen-bond donors (Lipinski definition) is 0. The quantitative estimate of drug-likeness (QED) is 0.450. The van der Waals surface area contributed by atoms with Crippen LogP contribution in [0.2, 0.25) is 0 Å². The summed E-state index contributed by atoms with van der Waals surface area (Å²) in [6, 6.07) is 21.0. The van der Waals surface area contributed by atoms with Crippen LogP contribution in [0.4, 0.5) is 0 Å². The maximum absolute atomic E-state index is 4.48. The Hall–Kier alpha value is -2.92. The number of pyridine rings is 1. The number of rotatable bonds is 5. The second-order valence-corrected chi connectivity index (χ2v) is 7.43. The largest absolute Gasteiger partial charge is 0.270 e. The van der Waals surface area contributed by atoms with Crippen LogP contribution in [0.5, 0.6) is 0 Å². The predicted molar refractivity (Wildman–Crippen MR) is 110 cm³/mol. The molecule has 0 saturated heterocycles. The van der Waals surface area contributed by atoms with Crippen LogP contribution in [0.15, 0.2) is 78.2 Å². The summed E-state index contributed by atoms with van der Waals surface area (Å²) in [5.74, 6) is 1.67. The summed E-state index contributed by atoms with van der Waals surface area (Å²) in [4.78, 5) is 4.11. The Bertz CT molecular complexity index is 1020. The van der Waals surface area contributed by atoms with Gasteiger partial charge in [0.25, 0.3) is 0 Å². The van der Waals surface area contributed by atoms with E-state index < -0.39 is 0 Å². The van der Waals surface area contributed by atoms with Gasteiger partial charge in [0.05, 0.1) is 0 Å². The van der Waals surface area contributed by atoms with Crippen LogP contribution in [0.1, 0.15) is 16.7 Å². The van der Waals surface area contributed by atoms with E-state index in [-0.39, 0.29) is 0 Å². The van der Waals surface area contributed by atoms with E-state index >= 15 is 0 Å². The van der Waals surface area contributed by atoms with Crippen molar-refractivity contribution in [3.63, 3.8) is 0 Å². The zero-order valence-electron chi connectivity index (χ0n) is 15.3. The number of aromatic nitrogens is 4. The standard InChI is InChI=1S/C22H20N4S/c1-16-3-7-18(8-4-16)15-27-22-25-24-21(19-11-13-23-14-12-19)26(22)20-9-5-17(2)6-10-20/h3-14H,15H2,1-2H3. The summed E-state index contributed by atoms with van der Waals surface area (Å²) in [6.45, 7) is 4.19. The average molecular weight is 372 g/mol. The van der Waals surface area contributed by atoms with Gasteiger partial charge in [0.2, 0.25) is 0 Å². The number of aryl methyl sites for hydroxylation is 2. The molecular weight excluding hydrogens is 352 g/mol. The van der Waals surface area contributed by atoms with E-state index in [1.807, 2.05) is 12.1 Å². The van der Waals surface area contributed by atoms with Crippen LogP contribution in [-0.4, -0.2) is 19.7 Å². The second-order valence-electron chi connectivity index (χ2n) is 6.49. The summed E-state index contributed by atoms with van der Waals surface area (Å²) in [5, 5.41) is 9.84. The highest BCUT2D eigenvalue weighted by Gasteiger charge is 2.16. The molecular formula is C22H20N4S. The van der Waals surface area contributed by atoms with Crippen LogP contribution < -0.4 is 0 Å². The van der Waals surface area contributed by atoms with Crippen molar-refractivity contribution in [2.45, 2.75) is 24.8 Å². The third-order valence-corrected chi connectivity index (χ3v) is 5.35. The minimum atomic E-state index is 0.827. The van der Waals surface area contributed by atoms with Gasteiger partial charge in [0.1, 0.15) is 0 Å². The molecule has 2 heterocycles. The first-order chi connectivity index (χ1) is 13.2. The minimum absolute atomic E-state index is 0.827. The predicted octanol–water partition coefficient (Wildman–Crippen LogP) is 5.24. The lowest BCUT2D eigenvalue weighted by atomic mass is 10.2. The van der Waals surface area contributed by atoms with Gasteiger partial charge in [0, 0.05) is 29.4 Å². The summed E-state index contributed by atoms with van der Waals surface area (Å²) in [5.41, 5.74) is 5.83. The molecule has 4 aromatic rings. The van der Waals surface area contributed by atoms with E-state index in [0.717, 1.165) is 28.0 Å². The van der Waals surface area contributed by atoms with Gasteiger partial charge < -0.3 is 0 Å². The lowest BCUT2D eigenvalue weighted by Crippen LogP contribution is -2.00. The Morgan fingerprint density at radius 1 is 0.778 bits per heavy atom. The van der Waals surface area contributed by atoms with E-state index in [0.29, 0.717) is 0 Å². The Kier molecular flexibility index (Phi) is 5.03. The van der Waals surface area contributed by atoms with Crippen molar-refractivity contribution in [1.29, 1.82) is 0 Å². The summed E-state index contributed by atoms with van der Waals surface area (Å²) >= 11 is 1.69. The molecule has 5 heteroatoms. The molecule has 134 valence electrons. The fourth-order valence-electron chi connectivity index (χ4n) is 2.81. The number of benzene rings is 2. The molecule has 2 aromatic carbocycles. The fraction of sp³-hybridized carbons (Fsp3) is 0.136. The molecule has 0 aliphatic carbocycles. The first-order valence-electron chi connectivity index (χ1n) is 8.82. The topological polar surface area (TPSA) is 43.6 Å². The van der Waals surface area contributed by atoms with Crippen molar-refractivity contribution in [1.82, 2.24) is 19.7 Å². The summed E-state index contributed by atoms with van der Waals surface area (Å²) in [6.07, 6.45) is 3.56. The van der Waals surface area contributed by atoms with Crippen molar-refractivity contribution in [3.8, 4) is 17.1 Å². The number of nitrogens with zero attached hydrogens (tertiary/aromatic N) is 4. The second kappa shape index (κ2) is 7.76. The highest BCUT2D eigenvalue weighted by Crippen LogP contribution is 2.29. The monoisotopic (exact) mass is 372 g/mol. The fourth-order valence-corrected chi connectivity index (χ4v) is 3.72. The first-order valence-corrected chi connectivity index (χ1v) is 9.80. The molecule has 0 radical (unpaired) electrons. The van der Waals surface area contributed by atoms with E-state index in [9.17, 15) is 0 Å². The molecule has 0 amide bonds. The zero-order valence-corrected chi connectivity index (χ0v) is 16.1. The van der Waals surface area contributed by atoms with E-state index in [1.54, 1.807) is 24.2 Å². The van der Waals surface area contributed by atoms with Crippen molar-refractivity contribution >= 4 is 11.8 Å². The normalized spacial score (nSPS) is 10.9. The summed E-state index contributed by atoms with van der Waals surface area (Å²) in [7, 11) is 0. The molecule has 0 fully saturated rings. The lowest BCUT2D eigenvalue weighted by Gasteiger charge is -2.11. The maximum atomic E-state index is 4.48. The molecule has 0 saturated carbocycles. The van der Waals surface area contributed by atoms with Gasteiger partial charge in [0.15, 0.2) is 11.0 Å². The van der Waals surface area contributed by atoms with Crippen molar-refractivity contribution in [3.05, 3.63) is 89.7 Å². The molecule has 0 aliphatic heterocycles. The van der Waals surface area contributed by atoms with Gasteiger partial charge in [-0.05, 0) is 43.7 Å². The van der Waals surface area contributed by atoms with Gasteiger partial charge in [-0.15, -0.1) is 10.2 Å². The molecule has 0 spiro atoms. The van der Waals surface area contributed by atoms with Gasteiger partial charge in [-0.3, -0.25) is 9.55 Å². The third kappa shape index (κ3) is 3.93. The number of thioether (sulfide) groups is 1. The van der Waals surface area contributed by atoms with Crippen LogP contribution in [0.25, 0.3) is 17.1 Å². The lowest BCUT2D eigenvalue weighted by molar-refractivity contribution is 0.885. The molecule has 4 nitrogen and oxygen atoms in total. The van der Waals surface area contributed by atoms with Crippen molar-refractivity contribution < 1.29 is 0 Å². The molecule has 2 aromatic heterocycles. The van der Waals surface area contributed by atoms with Crippen LogP contribution in [0.3, 0.4) is 0 Å². The van der Waals surface area contributed by atoms with Gasteiger partial charge in [-0.1, -0.05) is 59.3 Å². The Morgan fingerprint density at radius 2 is 1.41 bits per heavy atom.